The summed E-state index contributed by atoms with van der Waals surface area (Å²) in [6.07, 6.45) is 0.801. The summed E-state index contributed by atoms with van der Waals surface area (Å²) < 4.78 is 11.0. The Kier molecular flexibility index (Phi) is 3.81. The smallest absolute Gasteiger partial charge is 0.162 e. The van der Waals surface area contributed by atoms with Gasteiger partial charge >= 0.3 is 0 Å². The molecule has 17 heavy (non-hydrogen) atoms. The standard InChI is InChI=1S/C14H15ClO2/c1-3-4-5-10(2)11-8-13-14(9-12(11)15)17-7-6-16-13/h8-10H,5-7H2,1-2H3. The van der Waals surface area contributed by atoms with Gasteiger partial charge in [-0.05, 0) is 24.5 Å². The lowest BCUT2D eigenvalue weighted by molar-refractivity contribution is 0.171. The molecule has 1 unspecified atom stereocenters. The van der Waals surface area contributed by atoms with E-state index < -0.39 is 0 Å². The maximum absolute atomic E-state index is 6.25. The summed E-state index contributed by atoms with van der Waals surface area (Å²) in [5.74, 6) is 7.79. The maximum atomic E-state index is 6.25. The minimum absolute atomic E-state index is 0.297. The molecule has 2 rings (SSSR count). The predicted octanol–water partition coefficient (Wildman–Crippen LogP) is 3.63. The second-order valence-corrected chi connectivity index (χ2v) is 4.46. The van der Waals surface area contributed by atoms with E-state index in [1.165, 1.54) is 0 Å². The summed E-state index contributed by atoms with van der Waals surface area (Å²) in [5.41, 5.74) is 1.07. The number of halogens is 1. The summed E-state index contributed by atoms with van der Waals surface area (Å²) >= 11 is 6.25. The molecule has 1 heterocycles. The van der Waals surface area contributed by atoms with Crippen molar-refractivity contribution in [3.05, 3.63) is 22.7 Å². The molecule has 0 aliphatic carbocycles. The Hall–Kier alpha value is -1.33. The van der Waals surface area contributed by atoms with E-state index in [-0.39, 0.29) is 0 Å². The van der Waals surface area contributed by atoms with E-state index in [1.807, 2.05) is 19.1 Å². The van der Waals surface area contributed by atoms with Gasteiger partial charge in [-0.3, -0.25) is 0 Å². The molecule has 1 aliphatic rings. The molecule has 0 amide bonds. The summed E-state index contributed by atoms with van der Waals surface area (Å²) in [6, 6.07) is 3.81. The van der Waals surface area contributed by atoms with Crippen molar-refractivity contribution in [1.29, 1.82) is 0 Å². The second-order valence-electron chi connectivity index (χ2n) is 4.05. The van der Waals surface area contributed by atoms with Gasteiger partial charge in [-0.1, -0.05) is 18.5 Å². The zero-order valence-corrected chi connectivity index (χ0v) is 10.8. The topological polar surface area (TPSA) is 18.5 Å². The first-order chi connectivity index (χ1) is 8.22. The monoisotopic (exact) mass is 250 g/mol. The Balaban J connectivity index is 2.30. The Labute approximate surface area is 107 Å². The van der Waals surface area contributed by atoms with Crippen LogP contribution in [0.1, 0.15) is 31.7 Å². The molecule has 2 nitrogen and oxygen atoms in total. The van der Waals surface area contributed by atoms with Crippen molar-refractivity contribution in [3.8, 4) is 23.3 Å². The quantitative estimate of drug-likeness (QED) is 0.747. The highest BCUT2D eigenvalue weighted by Gasteiger charge is 2.17. The van der Waals surface area contributed by atoms with E-state index >= 15 is 0 Å². The Morgan fingerprint density at radius 3 is 2.59 bits per heavy atom. The molecule has 3 heteroatoms. The lowest BCUT2D eigenvalue weighted by atomic mass is 9.97. The third-order valence-corrected chi connectivity index (χ3v) is 3.10. The van der Waals surface area contributed by atoms with E-state index in [0.29, 0.717) is 19.1 Å². The molecular weight excluding hydrogens is 236 g/mol. The highest BCUT2D eigenvalue weighted by Crippen LogP contribution is 2.38. The molecule has 1 atom stereocenters. The fourth-order valence-electron chi connectivity index (χ4n) is 1.82. The van der Waals surface area contributed by atoms with Crippen LogP contribution in [0.3, 0.4) is 0 Å². The highest BCUT2D eigenvalue weighted by molar-refractivity contribution is 6.31. The van der Waals surface area contributed by atoms with Gasteiger partial charge in [-0.2, -0.15) is 0 Å². The predicted molar refractivity (Wildman–Crippen MR) is 68.9 cm³/mol. The third-order valence-electron chi connectivity index (χ3n) is 2.78. The van der Waals surface area contributed by atoms with Gasteiger partial charge in [-0.15, -0.1) is 11.8 Å². The van der Waals surface area contributed by atoms with Crippen LogP contribution in [-0.2, 0) is 0 Å². The number of rotatable bonds is 2. The first-order valence-corrected chi connectivity index (χ1v) is 6.09. The molecule has 0 spiro atoms. The first kappa shape index (κ1) is 12.1. The highest BCUT2D eigenvalue weighted by atomic mass is 35.5. The van der Waals surface area contributed by atoms with E-state index in [2.05, 4.69) is 18.8 Å². The lowest BCUT2D eigenvalue weighted by Gasteiger charge is -2.21. The average molecular weight is 251 g/mol. The number of hydrogen-bond donors (Lipinski definition) is 0. The van der Waals surface area contributed by atoms with Gasteiger partial charge < -0.3 is 9.47 Å². The molecular formula is C14H15ClO2. The van der Waals surface area contributed by atoms with Gasteiger partial charge in [0.15, 0.2) is 11.5 Å². The van der Waals surface area contributed by atoms with Crippen LogP contribution < -0.4 is 9.47 Å². The Morgan fingerprint density at radius 2 is 1.94 bits per heavy atom. The SMILES string of the molecule is CC#CCC(C)c1cc2c(cc1Cl)OCCO2. The third kappa shape index (κ3) is 2.68. The van der Waals surface area contributed by atoms with Crippen molar-refractivity contribution in [2.75, 3.05) is 13.2 Å². The zero-order chi connectivity index (χ0) is 12.3. The van der Waals surface area contributed by atoms with Crippen LogP contribution in [0.15, 0.2) is 12.1 Å². The van der Waals surface area contributed by atoms with Gasteiger partial charge in [0, 0.05) is 17.5 Å². The fraction of sp³-hybridized carbons (Fsp3) is 0.429. The Morgan fingerprint density at radius 1 is 1.29 bits per heavy atom. The molecule has 0 saturated heterocycles. The van der Waals surface area contributed by atoms with Crippen molar-refractivity contribution in [1.82, 2.24) is 0 Å². The number of benzene rings is 1. The molecule has 0 saturated carbocycles. The van der Waals surface area contributed by atoms with Crippen LogP contribution in [0.25, 0.3) is 0 Å². The van der Waals surface area contributed by atoms with Crippen molar-refractivity contribution >= 4 is 11.6 Å². The molecule has 0 N–H and O–H groups in total. The molecule has 1 aromatic rings. The molecule has 0 aromatic heterocycles. The van der Waals surface area contributed by atoms with Crippen LogP contribution in [0.4, 0.5) is 0 Å². The van der Waals surface area contributed by atoms with Crippen molar-refractivity contribution in [3.63, 3.8) is 0 Å². The number of ether oxygens (including phenoxy) is 2. The van der Waals surface area contributed by atoms with E-state index in [1.54, 1.807) is 0 Å². The minimum atomic E-state index is 0.297. The second kappa shape index (κ2) is 5.33. The molecule has 0 radical (unpaired) electrons. The van der Waals surface area contributed by atoms with Gasteiger partial charge in [0.25, 0.3) is 0 Å². The van der Waals surface area contributed by atoms with E-state index in [9.17, 15) is 0 Å². The van der Waals surface area contributed by atoms with Crippen molar-refractivity contribution < 1.29 is 9.47 Å². The van der Waals surface area contributed by atoms with Crippen LogP contribution in [0.2, 0.25) is 5.02 Å². The largest absolute Gasteiger partial charge is 0.486 e. The van der Waals surface area contributed by atoms with Crippen LogP contribution in [0, 0.1) is 11.8 Å². The molecule has 90 valence electrons. The van der Waals surface area contributed by atoms with Crippen molar-refractivity contribution in [2.24, 2.45) is 0 Å². The molecule has 0 fully saturated rings. The summed E-state index contributed by atoms with van der Waals surface area (Å²) in [4.78, 5) is 0. The van der Waals surface area contributed by atoms with Gasteiger partial charge in [-0.25, -0.2) is 0 Å². The van der Waals surface area contributed by atoms with E-state index in [4.69, 9.17) is 21.1 Å². The van der Waals surface area contributed by atoms with Gasteiger partial charge in [0.2, 0.25) is 0 Å². The number of hydrogen-bond acceptors (Lipinski definition) is 2. The van der Waals surface area contributed by atoms with E-state index in [0.717, 1.165) is 28.5 Å². The summed E-state index contributed by atoms with van der Waals surface area (Å²) in [5, 5.41) is 0.722. The molecule has 1 aliphatic heterocycles. The Bertz CT molecular complexity index is 471. The van der Waals surface area contributed by atoms with Crippen LogP contribution >= 0.6 is 11.6 Å². The molecule has 1 aromatic carbocycles. The zero-order valence-electron chi connectivity index (χ0n) is 10.0. The van der Waals surface area contributed by atoms with Gasteiger partial charge in [0.1, 0.15) is 13.2 Å². The average Bonchev–Trinajstić information content (AvgIpc) is 2.35. The number of fused-ring (bicyclic) bond motifs is 1. The maximum Gasteiger partial charge on any atom is 0.162 e. The summed E-state index contributed by atoms with van der Waals surface area (Å²) in [6.45, 7) is 5.14. The molecule has 0 bridgehead atoms. The minimum Gasteiger partial charge on any atom is -0.486 e. The van der Waals surface area contributed by atoms with Crippen LogP contribution in [-0.4, -0.2) is 13.2 Å². The van der Waals surface area contributed by atoms with Crippen molar-refractivity contribution in [2.45, 2.75) is 26.2 Å². The normalized spacial score (nSPS) is 14.8. The van der Waals surface area contributed by atoms with Crippen LogP contribution in [0.5, 0.6) is 11.5 Å². The van der Waals surface area contributed by atoms with Gasteiger partial charge in [0.05, 0.1) is 0 Å². The fourth-order valence-corrected chi connectivity index (χ4v) is 2.16. The summed E-state index contributed by atoms with van der Waals surface area (Å²) in [7, 11) is 0. The first-order valence-electron chi connectivity index (χ1n) is 5.71. The lowest BCUT2D eigenvalue weighted by Crippen LogP contribution is -2.15.